The molecule has 0 aromatic heterocycles. The number of rotatable bonds is 3. The van der Waals surface area contributed by atoms with E-state index < -0.39 is 23.1 Å². The van der Waals surface area contributed by atoms with Gasteiger partial charge in [-0.25, -0.2) is 9.18 Å². The van der Waals surface area contributed by atoms with Crippen molar-refractivity contribution in [2.75, 3.05) is 13.1 Å². The summed E-state index contributed by atoms with van der Waals surface area (Å²) in [5, 5.41) is 9.95. The lowest BCUT2D eigenvalue weighted by Gasteiger charge is -2.45. The number of aliphatic carboxylic acids is 1. The fourth-order valence-corrected chi connectivity index (χ4v) is 3.48. The maximum atomic E-state index is 13.2. The molecule has 1 N–H and O–H groups in total. The largest absolute Gasteiger partial charge is 0.481 e. The maximum absolute atomic E-state index is 13.2. The van der Waals surface area contributed by atoms with Gasteiger partial charge in [-0.1, -0.05) is 19.1 Å². The summed E-state index contributed by atoms with van der Waals surface area (Å²) in [6.45, 7) is 7.63. The summed E-state index contributed by atoms with van der Waals surface area (Å²) < 4.78 is 18.6. The Morgan fingerprint density at radius 3 is 2.40 bits per heavy atom. The molecule has 25 heavy (non-hydrogen) atoms. The van der Waals surface area contributed by atoms with Crippen molar-refractivity contribution in [3.05, 3.63) is 35.6 Å². The van der Waals surface area contributed by atoms with E-state index in [4.69, 9.17) is 4.74 Å². The van der Waals surface area contributed by atoms with Crippen LogP contribution >= 0.6 is 0 Å². The number of ether oxygens (including phenoxy) is 1. The lowest BCUT2D eigenvalue weighted by Crippen LogP contribution is -2.54. The smallest absolute Gasteiger partial charge is 0.410 e. The molecule has 0 spiro atoms. The highest BCUT2D eigenvalue weighted by molar-refractivity contribution is 5.78. The molecule has 1 amide bonds. The van der Waals surface area contributed by atoms with Gasteiger partial charge in [0.05, 0.1) is 5.41 Å². The SMILES string of the molecule is CC[C@]1(C(=O)O)CN(C(=O)OC(C)(C)C)CC[C@H]1c1ccc(F)cc1. The van der Waals surface area contributed by atoms with E-state index >= 15 is 0 Å². The number of benzene rings is 1. The van der Waals surface area contributed by atoms with Gasteiger partial charge in [0.2, 0.25) is 0 Å². The first-order valence-corrected chi connectivity index (χ1v) is 8.56. The number of carbonyl (C=O) groups excluding carboxylic acids is 1. The zero-order valence-electron chi connectivity index (χ0n) is 15.2. The van der Waals surface area contributed by atoms with E-state index in [2.05, 4.69) is 0 Å². The topological polar surface area (TPSA) is 66.8 Å². The molecule has 6 heteroatoms. The zero-order valence-corrected chi connectivity index (χ0v) is 15.2. The third kappa shape index (κ3) is 4.11. The van der Waals surface area contributed by atoms with Gasteiger partial charge in [0.25, 0.3) is 0 Å². The Balaban J connectivity index is 2.31. The molecule has 1 aromatic carbocycles. The van der Waals surface area contributed by atoms with Crippen molar-refractivity contribution in [1.29, 1.82) is 0 Å². The summed E-state index contributed by atoms with van der Waals surface area (Å²) in [5.41, 5.74) is -0.967. The average Bonchev–Trinajstić information content (AvgIpc) is 2.53. The minimum atomic E-state index is -1.12. The van der Waals surface area contributed by atoms with Crippen LogP contribution < -0.4 is 0 Å². The Labute approximate surface area is 147 Å². The summed E-state index contributed by atoms with van der Waals surface area (Å²) >= 11 is 0. The highest BCUT2D eigenvalue weighted by Gasteiger charge is 2.50. The molecule has 5 nitrogen and oxygen atoms in total. The van der Waals surface area contributed by atoms with Crippen LogP contribution in [0.1, 0.15) is 52.0 Å². The molecule has 1 heterocycles. The Kier molecular flexibility index (Phi) is 5.40. The summed E-state index contributed by atoms with van der Waals surface area (Å²) in [4.78, 5) is 26.0. The predicted molar refractivity (Wildman–Crippen MR) is 91.9 cm³/mol. The molecule has 0 aliphatic carbocycles. The van der Waals surface area contributed by atoms with Gasteiger partial charge in [0.1, 0.15) is 11.4 Å². The summed E-state index contributed by atoms with van der Waals surface area (Å²) in [6, 6.07) is 5.96. The Hall–Kier alpha value is -2.11. The first-order chi connectivity index (χ1) is 11.6. The highest BCUT2D eigenvalue weighted by atomic mass is 19.1. The second kappa shape index (κ2) is 7.02. The third-order valence-electron chi connectivity index (χ3n) is 4.81. The molecule has 0 radical (unpaired) electrons. The van der Waals surface area contributed by atoms with Crippen molar-refractivity contribution >= 4 is 12.1 Å². The van der Waals surface area contributed by atoms with Crippen molar-refractivity contribution in [2.24, 2.45) is 5.41 Å². The Bertz CT molecular complexity index is 638. The molecule has 1 fully saturated rings. The van der Waals surface area contributed by atoms with Gasteiger partial charge < -0.3 is 14.7 Å². The fraction of sp³-hybridized carbons (Fsp3) is 0.579. The number of hydrogen-bond acceptors (Lipinski definition) is 3. The van der Waals surface area contributed by atoms with Crippen LogP contribution in [0.2, 0.25) is 0 Å². The number of carboxylic acid groups (broad SMARTS) is 1. The van der Waals surface area contributed by atoms with Crippen LogP contribution in [0.15, 0.2) is 24.3 Å². The second-order valence-corrected chi connectivity index (χ2v) is 7.61. The van der Waals surface area contributed by atoms with Crippen LogP contribution in [0, 0.1) is 11.2 Å². The molecular weight excluding hydrogens is 325 g/mol. The normalized spacial score (nSPS) is 24.0. The third-order valence-corrected chi connectivity index (χ3v) is 4.81. The van der Waals surface area contributed by atoms with Gasteiger partial charge in [0.15, 0.2) is 0 Å². The molecule has 138 valence electrons. The van der Waals surface area contributed by atoms with Gasteiger partial charge in [-0.2, -0.15) is 0 Å². The van der Waals surface area contributed by atoms with E-state index in [1.54, 1.807) is 32.9 Å². The van der Waals surface area contributed by atoms with Crippen molar-refractivity contribution in [3.8, 4) is 0 Å². The number of hydrogen-bond donors (Lipinski definition) is 1. The maximum Gasteiger partial charge on any atom is 0.410 e. The lowest BCUT2D eigenvalue weighted by atomic mass is 9.66. The van der Waals surface area contributed by atoms with E-state index in [1.807, 2.05) is 6.92 Å². The van der Waals surface area contributed by atoms with Gasteiger partial charge >= 0.3 is 12.1 Å². The summed E-state index contributed by atoms with van der Waals surface area (Å²) in [7, 11) is 0. The quantitative estimate of drug-likeness (QED) is 0.893. The van der Waals surface area contributed by atoms with Crippen LogP contribution in [0.4, 0.5) is 9.18 Å². The highest BCUT2D eigenvalue weighted by Crippen LogP contribution is 2.45. The first-order valence-electron chi connectivity index (χ1n) is 8.56. The number of halogens is 1. The van der Waals surface area contributed by atoms with Crippen molar-refractivity contribution in [3.63, 3.8) is 0 Å². The van der Waals surface area contributed by atoms with Gasteiger partial charge in [0, 0.05) is 19.0 Å². The van der Waals surface area contributed by atoms with Gasteiger partial charge in [-0.3, -0.25) is 4.79 Å². The molecular formula is C19H26FNO4. The Morgan fingerprint density at radius 2 is 1.92 bits per heavy atom. The molecule has 1 aromatic rings. The van der Waals surface area contributed by atoms with Crippen LogP contribution in [-0.4, -0.2) is 40.8 Å². The fourth-order valence-electron chi connectivity index (χ4n) is 3.48. The number of carboxylic acids is 1. The number of likely N-dealkylation sites (tertiary alicyclic amines) is 1. The van der Waals surface area contributed by atoms with Crippen molar-refractivity contribution in [2.45, 2.75) is 52.1 Å². The molecule has 0 bridgehead atoms. The number of carbonyl (C=O) groups is 2. The van der Waals surface area contributed by atoms with Gasteiger partial charge in [-0.05, 0) is 51.3 Å². The summed E-state index contributed by atoms with van der Waals surface area (Å²) in [6.07, 6.45) is 0.360. The predicted octanol–water partition coefficient (Wildman–Crippen LogP) is 4.03. The molecule has 1 aliphatic heterocycles. The van der Waals surface area contributed by atoms with E-state index in [1.165, 1.54) is 17.0 Å². The molecule has 0 saturated carbocycles. The van der Waals surface area contributed by atoms with Crippen molar-refractivity contribution < 1.29 is 23.8 Å². The second-order valence-electron chi connectivity index (χ2n) is 7.61. The standard InChI is InChI=1S/C19H26FNO4/c1-5-19(16(22)23)12-21(17(24)25-18(2,3)4)11-10-15(19)13-6-8-14(20)9-7-13/h6-9,15H,5,10-12H2,1-4H3,(H,22,23)/t15-,19-/m0/s1. The van der Waals surface area contributed by atoms with Gasteiger partial charge in [-0.15, -0.1) is 0 Å². The van der Waals surface area contributed by atoms with Crippen LogP contribution in [0.3, 0.4) is 0 Å². The van der Waals surface area contributed by atoms with E-state index in [0.29, 0.717) is 19.4 Å². The Morgan fingerprint density at radius 1 is 1.32 bits per heavy atom. The average molecular weight is 351 g/mol. The van der Waals surface area contributed by atoms with Crippen molar-refractivity contribution in [1.82, 2.24) is 4.90 Å². The molecule has 0 unspecified atom stereocenters. The van der Waals surface area contributed by atoms with Crippen LogP contribution in [0.5, 0.6) is 0 Å². The lowest BCUT2D eigenvalue weighted by molar-refractivity contribution is -0.154. The number of amides is 1. The van der Waals surface area contributed by atoms with Crippen LogP contribution in [-0.2, 0) is 9.53 Å². The number of piperidine rings is 1. The molecule has 2 atom stereocenters. The van der Waals surface area contributed by atoms with E-state index in [9.17, 15) is 19.1 Å². The van der Waals surface area contributed by atoms with E-state index in [-0.39, 0.29) is 18.3 Å². The minimum absolute atomic E-state index is 0.0792. The van der Waals surface area contributed by atoms with E-state index in [0.717, 1.165) is 5.56 Å². The first kappa shape index (κ1) is 19.2. The zero-order chi connectivity index (χ0) is 18.8. The molecule has 1 saturated heterocycles. The monoisotopic (exact) mass is 351 g/mol. The number of nitrogens with zero attached hydrogens (tertiary/aromatic N) is 1. The molecule has 2 rings (SSSR count). The minimum Gasteiger partial charge on any atom is -0.481 e. The van der Waals surface area contributed by atoms with Crippen LogP contribution in [0.25, 0.3) is 0 Å². The summed E-state index contributed by atoms with van der Waals surface area (Å²) in [5.74, 6) is -1.58. The molecule has 1 aliphatic rings.